The van der Waals surface area contributed by atoms with Crippen LogP contribution in [0.15, 0.2) is 35.3 Å². The molecule has 0 aliphatic rings. The Hall–Kier alpha value is -3.35. The van der Waals surface area contributed by atoms with Crippen LogP contribution in [0.4, 0.5) is 0 Å². The Bertz CT molecular complexity index is 1270. The average molecular weight is 378 g/mol. The molecule has 4 rings (SSSR count). The molecule has 0 spiro atoms. The number of fused-ring (bicyclic) bond motifs is 3. The third kappa shape index (κ3) is 2.70. The first-order valence-electron chi connectivity index (χ1n) is 9.00. The van der Waals surface area contributed by atoms with Gasteiger partial charge in [-0.15, -0.1) is 5.10 Å². The minimum Gasteiger partial charge on any atom is -0.493 e. The number of aryl methyl sites for hydroxylation is 3. The van der Waals surface area contributed by atoms with Crippen LogP contribution in [0, 0.1) is 20.8 Å². The number of hydrogen-bond donors (Lipinski definition) is 0. The Morgan fingerprint density at radius 3 is 2.54 bits per heavy atom. The number of benzene rings is 1. The summed E-state index contributed by atoms with van der Waals surface area (Å²) in [5.74, 6) is 1.07. The first kappa shape index (κ1) is 18.0. The van der Waals surface area contributed by atoms with E-state index >= 15 is 0 Å². The highest BCUT2D eigenvalue weighted by Gasteiger charge is 2.18. The predicted octanol–water partition coefficient (Wildman–Crippen LogP) is 3.03. The normalized spacial score (nSPS) is 11.3. The van der Waals surface area contributed by atoms with E-state index in [1.807, 2.05) is 13.8 Å². The summed E-state index contributed by atoms with van der Waals surface area (Å²) in [6.45, 7) is 6.22. The Labute approximate surface area is 162 Å². The van der Waals surface area contributed by atoms with Gasteiger partial charge in [-0.25, -0.2) is 13.9 Å². The van der Waals surface area contributed by atoms with Gasteiger partial charge >= 0.3 is 5.69 Å². The van der Waals surface area contributed by atoms with Crippen LogP contribution in [0.2, 0.25) is 0 Å². The second kappa shape index (κ2) is 6.67. The van der Waals surface area contributed by atoms with Gasteiger partial charge in [0.05, 0.1) is 26.3 Å². The molecule has 0 fully saturated rings. The van der Waals surface area contributed by atoms with Crippen LogP contribution >= 0.6 is 0 Å². The summed E-state index contributed by atoms with van der Waals surface area (Å²) in [6, 6.07) is 7.96. The molecule has 0 radical (unpaired) electrons. The van der Waals surface area contributed by atoms with Crippen molar-refractivity contribution < 1.29 is 9.47 Å². The molecule has 3 aromatic heterocycles. The van der Waals surface area contributed by atoms with Crippen molar-refractivity contribution >= 4 is 16.6 Å². The third-order valence-corrected chi connectivity index (χ3v) is 4.93. The van der Waals surface area contributed by atoms with E-state index in [-0.39, 0.29) is 12.2 Å². The van der Waals surface area contributed by atoms with Crippen LogP contribution in [0.1, 0.15) is 22.4 Å². The van der Waals surface area contributed by atoms with E-state index in [1.54, 1.807) is 30.9 Å². The number of nitrogens with zero attached hydrogens (tertiary/aromatic N) is 4. The second-order valence-corrected chi connectivity index (χ2v) is 6.94. The molecule has 0 unspecified atom stereocenters. The van der Waals surface area contributed by atoms with Crippen molar-refractivity contribution in [1.82, 2.24) is 19.2 Å². The molecule has 7 heteroatoms. The van der Waals surface area contributed by atoms with Gasteiger partial charge in [0.15, 0.2) is 17.1 Å². The van der Waals surface area contributed by atoms with Crippen LogP contribution in [-0.4, -0.2) is 33.4 Å². The fourth-order valence-corrected chi connectivity index (χ4v) is 3.78. The number of pyridine rings is 2. The molecule has 0 saturated carbocycles. The molecule has 0 aliphatic heterocycles. The molecule has 144 valence electrons. The van der Waals surface area contributed by atoms with Crippen molar-refractivity contribution in [3.05, 3.63) is 63.3 Å². The van der Waals surface area contributed by atoms with Gasteiger partial charge in [0, 0.05) is 12.3 Å². The van der Waals surface area contributed by atoms with E-state index in [0.717, 1.165) is 27.6 Å². The van der Waals surface area contributed by atoms with E-state index < -0.39 is 0 Å². The zero-order valence-electron chi connectivity index (χ0n) is 16.6. The molecule has 0 saturated heterocycles. The maximum absolute atomic E-state index is 13.3. The Balaban J connectivity index is 1.96. The summed E-state index contributed by atoms with van der Waals surface area (Å²) in [6.07, 6.45) is 1.63. The maximum Gasteiger partial charge on any atom is 0.351 e. The molecule has 7 nitrogen and oxygen atoms in total. The number of methoxy groups -OCH3 is 2. The zero-order valence-corrected chi connectivity index (χ0v) is 16.6. The third-order valence-electron chi connectivity index (χ3n) is 4.93. The minimum absolute atomic E-state index is 0.187. The Morgan fingerprint density at radius 2 is 1.82 bits per heavy atom. The van der Waals surface area contributed by atoms with Crippen molar-refractivity contribution in [3.8, 4) is 11.5 Å². The van der Waals surface area contributed by atoms with Crippen molar-refractivity contribution in [2.24, 2.45) is 0 Å². The largest absolute Gasteiger partial charge is 0.493 e. The van der Waals surface area contributed by atoms with Crippen LogP contribution in [0.5, 0.6) is 11.5 Å². The first-order chi connectivity index (χ1) is 13.4. The average Bonchev–Trinajstić information content (AvgIpc) is 2.98. The molecule has 4 aromatic rings. The van der Waals surface area contributed by atoms with Crippen molar-refractivity contribution in [2.75, 3.05) is 14.2 Å². The molecule has 0 bridgehead atoms. The number of ether oxygens (including phenoxy) is 2. The fourth-order valence-electron chi connectivity index (χ4n) is 3.78. The van der Waals surface area contributed by atoms with E-state index in [2.05, 4.69) is 35.2 Å². The van der Waals surface area contributed by atoms with Crippen LogP contribution in [0.25, 0.3) is 16.6 Å². The summed E-state index contributed by atoms with van der Waals surface area (Å²) in [4.78, 5) is 17.6. The SMILES string of the molecule is COc1ccnc(Cn2nc3c(C)cc4cc(C)cc(C)c4n3c2=O)c1OC. The van der Waals surface area contributed by atoms with Crippen molar-refractivity contribution in [2.45, 2.75) is 27.3 Å². The number of rotatable bonds is 4. The summed E-state index contributed by atoms with van der Waals surface area (Å²) < 4.78 is 13.9. The lowest BCUT2D eigenvalue weighted by atomic mass is 10.1. The van der Waals surface area contributed by atoms with Gasteiger partial charge in [-0.1, -0.05) is 11.6 Å². The summed E-state index contributed by atoms with van der Waals surface area (Å²) in [5, 5.41) is 5.61. The lowest BCUT2D eigenvalue weighted by molar-refractivity contribution is 0.347. The Morgan fingerprint density at radius 1 is 1.04 bits per heavy atom. The summed E-state index contributed by atoms with van der Waals surface area (Å²) in [7, 11) is 3.12. The molecule has 1 aromatic carbocycles. The van der Waals surface area contributed by atoms with Gasteiger partial charge < -0.3 is 9.47 Å². The summed E-state index contributed by atoms with van der Waals surface area (Å²) >= 11 is 0. The van der Waals surface area contributed by atoms with Crippen LogP contribution < -0.4 is 15.2 Å². The highest BCUT2D eigenvalue weighted by Crippen LogP contribution is 2.29. The topological polar surface area (TPSA) is 70.6 Å². The highest BCUT2D eigenvalue weighted by atomic mass is 16.5. The van der Waals surface area contributed by atoms with Gasteiger partial charge in [0.2, 0.25) is 0 Å². The van der Waals surface area contributed by atoms with E-state index in [1.165, 1.54) is 4.68 Å². The lowest BCUT2D eigenvalue weighted by Gasteiger charge is -2.10. The minimum atomic E-state index is -0.206. The molecule has 0 N–H and O–H groups in total. The molecule has 0 aliphatic carbocycles. The van der Waals surface area contributed by atoms with Gasteiger partial charge in [-0.2, -0.15) is 0 Å². The quantitative estimate of drug-likeness (QED) is 0.546. The number of aromatic nitrogens is 4. The number of hydrogen-bond acceptors (Lipinski definition) is 5. The highest BCUT2D eigenvalue weighted by molar-refractivity contribution is 5.86. The summed E-state index contributed by atoms with van der Waals surface area (Å²) in [5.41, 5.74) is 5.05. The van der Waals surface area contributed by atoms with Crippen LogP contribution in [-0.2, 0) is 6.54 Å². The standard InChI is InChI=1S/C21H22N4O3/c1-12-8-13(2)18-15(9-12)10-14(3)20-23-24(21(26)25(18)20)11-16-19(28-5)17(27-4)6-7-22-16/h6-10H,11H2,1-5H3. The lowest BCUT2D eigenvalue weighted by Crippen LogP contribution is -2.23. The van der Waals surface area contributed by atoms with Crippen molar-refractivity contribution in [1.29, 1.82) is 0 Å². The second-order valence-electron chi connectivity index (χ2n) is 6.94. The zero-order chi connectivity index (χ0) is 20.0. The van der Waals surface area contributed by atoms with Gasteiger partial charge in [0.1, 0.15) is 5.69 Å². The van der Waals surface area contributed by atoms with E-state index in [4.69, 9.17) is 9.47 Å². The van der Waals surface area contributed by atoms with Gasteiger partial charge in [-0.05, 0) is 49.4 Å². The molecular weight excluding hydrogens is 356 g/mol. The van der Waals surface area contributed by atoms with Crippen LogP contribution in [0.3, 0.4) is 0 Å². The molecule has 28 heavy (non-hydrogen) atoms. The molecule has 3 heterocycles. The fraction of sp³-hybridized carbons (Fsp3) is 0.286. The Kier molecular flexibility index (Phi) is 4.30. The smallest absolute Gasteiger partial charge is 0.351 e. The van der Waals surface area contributed by atoms with E-state index in [9.17, 15) is 4.79 Å². The van der Waals surface area contributed by atoms with E-state index in [0.29, 0.717) is 22.8 Å². The first-order valence-corrected chi connectivity index (χ1v) is 9.00. The molecular formula is C21H22N4O3. The van der Waals surface area contributed by atoms with Gasteiger partial charge in [-0.3, -0.25) is 4.98 Å². The monoisotopic (exact) mass is 378 g/mol. The molecule has 0 atom stereocenters. The molecule has 0 amide bonds. The predicted molar refractivity (Wildman–Crippen MR) is 108 cm³/mol. The van der Waals surface area contributed by atoms with Crippen molar-refractivity contribution in [3.63, 3.8) is 0 Å². The van der Waals surface area contributed by atoms with Gasteiger partial charge in [0.25, 0.3) is 0 Å². The maximum atomic E-state index is 13.3.